The lowest BCUT2D eigenvalue weighted by Gasteiger charge is -2.32. The van der Waals surface area contributed by atoms with E-state index in [0.29, 0.717) is 53.3 Å². The second-order valence-electron chi connectivity index (χ2n) is 16.5. The largest absolute Gasteiger partial charge is 0.268 e. The first kappa shape index (κ1) is 36.7. The topological polar surface area (TPSA) is 74.8 Å². The number of nitrogens with zero attached hydrogens (tertiary/aromatic N) is 2. The number of hydrogen-bond acceptors (Lipinski definition) is 4. The van der Waals surface area contributed by atoms with Gasteiger partial charge in [0.05, 0.1) is 22.5 Å². The first-order valence-electron chi connectivity index (χ1n) is 19.3. The molecule has 4 amide bonds. The number of fused-ring (bicyclic) bond motifs is 2. The molecule has 9 rings (SSSR count). The first-order valence-corrected chi connectivity index (χ1v) is 20.8. The van der Waals surface area contributed by atoms with Gasteiger partial charge in [0.2, 0.25) is 0 Å². The molecule has 0 saturated carbocycles. The maximum absolute atomic E-state index is 14.7. The van der Waals surface area contributed by atoms with Crippen molar-refractivity contribution in [2.45, 2.75) is 79.1 Å². The number of carbonyl (C=O) groups excluding carboxylic acids is 4. The van der Waals surface area contributed by atoms with E-state index in [1.807, 2.05) is 60.7 Å². The van der Waals surface area contributed by atoms with Crippen molar-refractivity contribution >= 4 is 110 Å². The van der Waals surface area contributed by atoms with Crippen LogP contribution in [-0.2, 0) is 0 Å². The number of amides is 4. The SMILES string of the molecule is CC(C)c1ccc(C(C)C)c(N2C(=O)c3ccc4c5c(Br)cc6c7c(ccc(c8c(Br)cc(c3c48)C2=O)c75)C(=O)N(c2cc(C(C)C)ccc2C(C)C)C6=O)c1. The third kappa shape index (κ3) is 4.97. The van der Waals surface area contributed by atoms with Gasteiger partial charge in [-0.15, -0.1) is 0 Å². The quantitative estimate of drug-likeness (QED) is 0.0948. The summed E-state index contributed by atoms with van der Waals surface area (Å²) in [5, 5.41) is 6.04. The summed E-state index contributed by atoms with van der Waals surface area (Å²) in [6.07, 6.45) is 0. The van der Waals surface area contributed by atoms with Crippen molar-refractivity contribution in [3.05, 3.63) is 126 Å². The Morgan fingerprint density at radius 1 is 0.393 bits per heavy atom. The van der Waals surface area contributed by atoms with E-state index in [9.17, 15) is 19.2 Å². The van der Waals surface area contributed by atoms with Gasteiger partial charge >= 0.3 is 0 Å². The summed E-state index contributed by atoms with van der Waals surface area (Å²) in [7, 11) is 0. The summed E-state index contributed by atoms with van der Waals surface area (Å²) in [6.45, 7) is 16.7. The molecule has 2 heterocycles. The lowest BCUT2D eigenvalue weighted by molar-refractivity contribution is 0.0877. The van der Waals surface area contributed by atoms with Crippen LogP contribution < -0.4 is 9.80 Å². The zero-order chi connectivity index (χ0) is 39.8. The van der Waals surface area contributed by atoms with E-state index < -0.39 is 0 Å². The Balaban J connectivity index is 1.30. The number of carbonyl (C=O) groups is 4. The van der Waals surface area contributed by atoms with Crippen LogP contribution in [0.4, 0.5) is 11.4 Å². The summed E-state index contributed by atoms with van der Waals surface area (Å²) in [4.78, 5) is 61.5. The number of halogens is 2. The molecule has 0 atom stereocenters. The van der Waals surface area contributed by atoms with Gasteiger partial charge in [-0.3, -0.25) is 19.2 Å². The number of anilines is 2. The second-order valence-corrected chi connectivity index (χ2v) is 18.2. The van der Waals surface area contributed by atoms with E-state index in [1.165, 1.54) is 9.80 Å². The normalized spacial score (nSPS) is 14.6. The molecule has 0 aliphatic carbocycles. The Bertz CT molecular complexity index is 2740. The van der Waals surface area contributed by atoms with Gasteiger partial charge in [-0.1, -0.05) is 124 Å². The van der Waals surface area contributed by atoms with E-state index >= 15 is 0 Å². The molecule has 0 unspecified atom stereocenters. The maximum atomic E-state index is 14.7. The molecule has 280 valence electrons. The van der Waals surface area contributed by atoms with Crippen molar-refractivity contribution in [3.8, 4) is 0 Å². The maximum Gasteiger partial charge on any atom is 0.266 e. The first-order chi connectivity index (χ1) is 26.6. The standard InChI is InChI=1S/C48H40Br2N2O4/c1-21(2)25-9-11-27(23(5)6)37(17-25)51-45(53)31-15-13-29-42-36(50)20-34-40-32(16-14-30(44(40)42)41-35(49)19-33(47(51)55)39(31)43(29)41)46(54)52(48(34)56)38-18-26(22(3)4)10-12-28(38)24(7)8/h9-24H,1-8H3. The van der Waals surface area contributed by atoms with Crippen molar-refractivity contribution in [1.82, 2.24) is 0 Å². The Labute approximate surface area is 342 Å². The molecular formula is C48H40Br2N2O4. The number of benzene rings is 7. The second kappa shape index (κ2) is 12.8. The zero-order valence-corrected chi connectivity index (χ0v) is 35.7. The highest BCUT2D eigenvalue weighted by Crippen LogP contribution is 2.51. The van der Waals surface area contributed by atoms with E-state index in [-0.39, 0.29) is 47.3 Å². The Kier molecular flexibility index (Phi) is 8.39. The summed E-state index contributed by atoms with van der Waals surface area (Å²) in [6, 6.07) is 23.4. The molecule has 0 radical (unpaired) electrons. The molecule has 0 fully saturated rings. The van der Waals surface area contributed by atoms with Crippen LogP contribution in [-0.4, -0.2) is 23.6 Å². The highest BCUT2D eigenvalue weighted by atomic mass is 79.9. The number of rotatable bonds is 6. The summed E-state index contributed by atoms with van der Waals surface area (Å²) in [5.41, 5.74) is 6.96. The molecule has 2 aliphatic heterocycles. The molecule has 7 aromatic carbocycles. The van der Waals surface area contributed by atoms with E-state index in [0.717, 1.165) is 54.6 Å². The molecular weight excluding hydrogens is 828 g/mol. The average Bonchev–Trinajstić information content (AvgIpc) is 3.15. The van der Waals surface area contributed by atoms with Crippen LogP contribution in [0.15, 0.2) is 81.7 Å². The van der Waals surface area contributed by atoms with Gasteiger partial charge in [0.15, 0.2) is 0 Å². The Morgan fingerprint density at radius 3 is 1.09 bits per heavy atom. The molecule has 0 spiro atoms. The van der Waals surface area contributed by atoms with Gasteiger partial charge in [-0.25, -0.2) is 9.80 Å². The van der Waals surface area contributed by atoms with E-state index in [1.54, 1.807) is 0 Å². The predicted octanol–water partition coefficient (Wildman–Crippen LogP) is 13.4. The van der Waals surface area contributed by atoms with Crippen LogP contribution in [0, 0.1) is 0 Å². The minimum atomic E-state index is -0.372. The minimum Gasteiger partial charge on any atom is -0.268 e. The Hall–Kier alpha value is -4.92. The molecule has 2 aliphatic rings. The van der Waals surface area contributed by atoms with Crippen molar-refractivity contribution in [2.75, 3.05) is 9.80 Å². The molecule has 6 nitrogen and oxygen atoms in total. The monoisotopic (exact) mass is 866 g/mol. The van der Waals surface area contributed by atoms with Crippen LogP contribution in [0.3, 0.4) is 0 Å². The molecule has 0 N–H and O–H groups in total. The molecule has 0 saturated heterocycles. The Morgan fingerprint density at radius 2 is 0.750 bits per heavy atom. The summed E-state index contributed by atoms with van der Waals surface area (Å²) < 4.78 is 1.37. The summed E-state index contributed by atoms with van der Waals surface area (Å²) >= 11 is 7.74. The predicted molar refractivity (Wildman–Crippen MR) is 235 cm³/mol. The lowest BCUT2D eigenvalue weighted by atomic mass is 9.81. The van der Waals surface area contributed by atoms with Crippen molar-refractivity contribution in [3.63, 3.8) is 0 Å². The smallest absolute Gasteiger partial charge is 0.266 e. The number of hydrogen-bond donors (Lipinski definition) is 0. The average molecular weight is 869 g/mol. The van der Waals surface area contributed by atoms with E-state index in [4.69, 9.17) is 0 Å². The third-order valence-electron chi connectivity index (χ3n) is 11.9. The fourth-order valence-electron chi connectivity index (χ4n) is 9.01. The molecule has 7 aromatic rings. The molecule has 0 bridgehead atoms. The van der Waals surface area contributed by atoms with Crippen molar-refractivity contribution in [1.29, 1.82) is 0 Å². The fraction of sp³-hybridized carbons (Fsp3) is 0.250. The van der Waals surface area contributed by atoms with Crippen LogP contribution in [0.25, 0.3) is 43.1 Å². The van der Waals surface area contributed by atoms with Gasteiger partial charge < -0.3 is 0 Å². The van der Waals surface area contributed by atoms with Crippen molar-refractivity contribution in [2.24, 2.45) is 0 Å². The van der Waals surface area contributed by atoms with Crippen LogP contribution in [0.5, 0.6) is 0 Å². The van der Waals surface area contributed by atoms with Crippen molar-refractivity contribution < 1.29 is 19.2 Å². The van der Waals surface area contributed by atoms with Gasteiger partial charge in [0.25, 0.3) is 23.6 Å². The third-order valence-corrected chi connectivity index (χ3v) is 13.2. The van der Waals surface area contributed by atoms with Gasteiger partial charge in [-0.2, -0.15) is 0 Å². The van der Waals surface area contributed by atoms with Gasteiger partial charge in [0, 0.05) is 52.4 Å². The van der Waals surface area contributed by atoms with Gasteiger partial charge in [-0.05, 0) is 93.1 Å². The van der Waals surface area contributed by atoms with Gasteiger partial charge in [0.1, 0.15) is 0 Å². The van der Waals surface area contributed by atoms with Crippen LogP contribution >= 0.6 is 31.9 Å². The molecule has 8 heteroatoms. The highest BCUT2D eigenvalue weighted by molar-refractivity contribution is 9.11. The molecule has 0 aromatic heterocycles. The molecule has 56 heavy (non-hydrogen) atoms. The minimum absolute atomic E-state index is 0.0829. The number of imide groups is 2. The van der Waals surface area contributed by atoms with E-state index in [2.05, 4.69) is 99.4 Å². The fourth-order valence-corrected chi connectivity index (χ4v) is 10.3. The zero-order valence-electron chi connectivity index (χ0n) is 32.5. The van der Waals surface area contributed by atoms with Crippen LogP contribution in [0.1, 0.15) is 143 Å². The van der Waals surface area contributed by atoms with Crippen LogP contribution in [0.2, 0.25) is 0 Å². The highest BCUT2D eigenvalue weighted by Gasteiger charge is 2.40. The lowest BCUT2D eigenvalue weighted by Crippen LogP contribution is -2.41. The summed E-state index contributed by atoms with van der Waals surface area (Å²) in [5.74, 6) is -0.881.